The van der Waals surface area contributed by atoms with Crippen LogP contribution in [0, 0.1) is 13.8 Å². The molecule has 1 aromatic carbocycles. The van der Waals surface area contributed by atoms with E-state index in [1.54, 1.807) is 11.1 Å². The van der Waals surface area contributed by atoms with E-state index in [2.05, 4.69) is 31.0 Å². The Labute approximate surface area is 105 Å². The zero-order valence-corrected chi connectivity index (χ0v) is 12.8. The van der Waals surface area contributed by atoms with Crippen molar-refractivity contribution in [2.75, 3.05) is 0 Å². The summed E-state index contributed by atoms with van der Waals surface area (Å²) in [6, 6.07) is 4.82. The van der Waals surface area contributed by atoms with E-state index in [1.807, 2.05) is 0 Å². The van der Waals surface area contributed by atoms with Crippen molar-refractivity contribution >= 4 is 19.6 Å². The number of halogens is 1. The van der Waals surface area contributed by atoms with E-state index in [1.165, 1.54) is 20.1 Å². The van der Waals surface area contributed by atoms with E-state index in [4.69, 9.17) is 0 Å². The minimum Gasteiger partial charge on any atom is -1.00 e. The SMILES string of the molecule is Cc1cc2c(cc1C)C[Te+](C)C2.[I-]. The fourth-order valence-electron chi connectivity index (χ4n) is 1.79. The van der Waals surface area contributed by atoms with Crippen molar-refractivity contribution in [1.29, 1.82) is 0 Å². The second-order valence-electron chi connectivity index (χ2n) is 3.78. The zero-order chi connectivity index (χ0) is 8.72. The molecule has 13 heavy (non-hydrogen) atoms. The predicted molar refractivity (Wildman–Crippen MR) is 54.9 cm³/mol. The number of aryl methyl sites for hydroxylation is 2. The average molecular weight is 402 g/mol. The summed E-state index contributed by atoms with van der Waals surface area (Å²) in [6.45, 7) is 4.45. The summed E-state index contributed by atoms with van der Waals surface area (Å²) in [6.07, 6.45) is 0. The molecule has 1 heterocycles. The van der Waals surface area contributed by atoms with Crippen LogP contribution >= 0.6 is 0 Å². The van der Waals surface area contributed by atoms with E-state index in [0.717, 1.165) is 0 Å². The summed E-state index contributed by atoms with van der Waals surface area (Å²) in [5.74, 6) is 0. The van der Waals surface area contributed by atoms with Crippen LogP contribution in [-0.2, 0) is 8.94 Å². The molecule has 0 unspecified atom stereocenters. The van der Waals surface area contributed by atoms with E-state index in [-0.39, 0.29) is 24.0 Å². The van der Waals surface area contributed by atoms with Gasteiger partial charge in [-0.25, -0.2) is 0 Å². The molecule has 0 nitrogen and oxygen atoms in total. The Kier molecular flexibility index (Phi) is 4.09. The molecule has 1 aliphatic heterocycles. The largest absolute Gasteiger partial charge is 1.00 e. The van der Waals surface area contributed by atoms with E-state index < -0.39 is 19.6 Å². The van der Waals surface area contributed by atoms with Crippen molar-refractivity contribution in [3.63, 3.8) is 0 Å². The van der Waals surface area contributed by atoms with Crippen molar-refractivity contribution in [2.45, 2.75) is 27.8 Å². The molecular formula is C11H15ITe. The molecule has 1 aliphatic rings. The Morgan fingerprint density at radius 3 is 1.77 bits per heavy atom. The normalized spacial score (nSPS) is 15.3. The summed E-state index contributed by atoms with van der Waals surface area (Å²) in [4.78, 5) is 2.51. The molecule has 0 atom stereocenters. The molecule has 0 saturated carbocycles. The van der Waals surface area contributed by atoms with Gasteiger partial charge in [0.2, 0.25) is 0 Å². The number of fused-ring (bicyclic) bond motifs is 1. The molecule has 0 radical (unpaired) electrons. The van der Waals surface area contributed by atoms with Crippen LogP contribution in [0.4, 0.5) is 0 Å². The topological polar surface area (TPSA) is 0 Å². The monoisotopic (exact) mass is 404 g/mol. The van der Waals surface area contributed by atoms with Crippen LogP contribution in [0.5, 0.6) is 0 Å². The first-order valence-corrected chi connectivity index (χ1v) is 9.97. The maximum Gasteiger partial charge on any atom is -1.00 e. The second kappa shape index (κ2) is 4.51. The molecule has 0 N–H and O–H groups in total. The van der Waals surface area contributed by atoms with Gasteiger partial charge in [-0.05, 0) is 0 Å². The molecule has 1 aromatic rings. The molecule has 72 valence electrons. The van der Waals surface area contributed by atoms with Gasteiger partial charge in [-0.3, -0.25) is 0 Å². The first kappa shape index (κ1) is 11.8. The van der Waals surface area contributed by atoms with Crippen molar-refractivity contribution in [3.05, 3.63) is 34.4 Å². The summed E-state index contributed by atoms with van der Waals surface area (Å²) in [5.41, 5.74) is 6.28. The Morgan fingerprint density at radius 2 is 1.38 bits per heavy atom. The first-order chi connectivity index (χ1) is 5.66. The van der Waals surface area contributed by atoms with Crippen LogP contribution < -0.4 is 24.0 Å². The molecule has 2 rings (SSSR count). The van der Waals surface area contributed by atoms with Crippen LogP contribution in [0.2, 0.25) is 4.97 Å². The maximum absolute atomic E-state index is 2.51. The summed E-state index contributed by atoms with van der Waals surface area (Å²) < 4.78 is 2.92. The molecule has 0 bridgehead atoms. The molecular weight excluding hydrogens is 387 g/mol. The predicted octanol–water partition coefficient (Wildman–Crippen LogP) is -0.391. The molecule has 0 saturated heterocycles. The number of hydrogen-bond donors (Lipinski definition) is 0. The van der Waals surface area contributed by atoms with E-state index in [9.17, 15) is 0 Å². The van der Waals surface area contributed by atoms with Gasteiger partial charge in [0.25, 0.3) is 0 Å². The molecule has 0 aliphatic carbocycles. The van der Waals surface area contributed by atoms with E-state index in [0.29, 0.717) is 0 Å². The van der Waals surface area contributed by atoms with Gasteiger partial charge in [-0.1, -0.05) is 0 Å². The van der Waals surface area contributed by atoms with Crippen LogP contribution in [0.1, 0.15) is 22.3 Å². The van der Waals surface area contributed by atoms with Crippen molar-refractivity contribution in [1.82, 2.24) is 0 Å². The fraction of sp³-hybridized carbons (Fsp3) is 0.455. The first-order valence-electron chi connectivity index (χ1n) is 4.35. The third-order valence-electron chi connectivity index (χ3n) is 2.62. The summed E-state index contributed by atoms with van der Waals surface area (Å²) >= 11 is -0.656. The van der Waals surface area contributed by atoms with Crippen molar-refractivity contribution < 1.29 is 24.0 Å². The number of rotatable bonds is 0. The van der Waals surface area contributed by atoms with Crippen LogP contribution in [0.25, 0.3) is 0 Å². The molecule has 0 amide bonds. The molecule has 2 heteroatoms. The fourth-order valence-corrected chi connectivity index (χ4v) is 6.64. The standard InChI is InChI=1S/C11H15Te.HI/c1-8-4-10-6-12(3)7-11(10)5-9(8)2;/h4-5H,6-7H2,1-3H3;1H/q+1;/p-1. The van der Waals surface area contributed by atoms with Crippen molar-refractivity contribution in [2.24, 2.45) is 0 Å². The quantitative estimate of drug-likeness (QED) is 0.410. The minimum absolute atomic E-state index is 0. The minimum atomic E-state index is -0.656. The average Bonchev–Trinajstić information content (AvgIpc) is 2.30. The van der Waals surface area contributed by atoms with Crippen LogP contribution in [-0.4, -0.2) is 19.6 Å². The molecule has 0 fully saturated rings. The second-order valence-corrected chi connectivity index (χ2v) is 9.88. The van der Waals surface area contributed by atoms with Gasteiger partial charge in [0.1, 0.15) is 0 Å². The van der Waals surface area contributed by atoms with Gasteiger partial charge in [0, 0.05) is 0 Å². The summed E-state index contributed by atoms with van der Waals surface area (Å²) in [5, 5.41) is 0. The van der Waals surface area contributed by atoms with Gasteiger partial charge in [-0.15, -0.1) is 0 Å². The number of benzene rings is 1. The number of hydrogen-bond acceptors (Lipinski definition) is 0. The summed E-state index contributed by atoms with van der Waals surface area (Å²) in [7, 11) is 0. The third kappa shape index (κ3) is 2.40. The molecule has 0 spiro atoms. The van der Waals surface area contributed by atoms with Gasteiger partial charge in [0.05, 0.1) is 0 Å². The smallest absolute Gasteiger partial charge is 1.00 e. The van der Waals surface area contributed by atoms with Crippen LogP contribution in [0.15, 0.2) is 12.1 Å². The van der Waals surface area contributed by atoms with Crippen LogP contribution in [0.3, 0.4) is 0 Å². The maximum atomic E-state index is 2.51. The zero-order valence-electron chi connectivity index (χ0n) is 8.36. The van der Waals surface area contributed by atoms with Gasteiger partial charge < -0.3 is 24.0 Å². The van der Waals surface area contributed by atoms with Gasteiger partial charge >= 0.3 is 81.7 Å². The van der Waals surface area contributed by atoms with E-state index >= 15 is 0 Å². The third-order valence-corrected chi connectivity index (χ3v) is 7.21. The van der Waals surface area contributed by atoms with Gasteiger partial charge in [-0.2, -0.15) is 0 Å². The Morgan fingerprint density at radius 1 is 1.00 bits per heavy atom. The Balaban J connectivity index is 0.000000845. The van der Waals surface area contributed by atoms with Crippen molar-refractivity contribution in [3.8, 4) is 0 Å². The molecule has 0 aromatic heterocycles. The Hall–Kier alpha value is 0.740. The van der Waals surface area contributed by atoms with Gasteiger partial charge in [0.15, 0.2) is 0 Å². The Bertz CT molecular complexity index is 289.